The minimum absolute atomic E-state index is 0.0830. The maximum absolute atomic E-state index is 11.1. The van der Waals surface area contributed by atoms with Crippen LogP contribution >= 0.6 is 0 Å². The van der Waals surface area contributed by atoms with Gasteiger partial charge >= 0.3 is 0 Å². The first-order valence-corrected chi connectivity index (χ1v) is 6.57. The van der Waals surface area contributed by atoms with Crippen LogP contribution in [-0.2, 0) is 17.9 Å². The third-order valence-corrected chi connectivity index (χ3v) is 3.23. The average molecular weight is 253 g/mol. The normalized spacial score (nSPS) is 12.3. The molecule has 0 bridgehead atoms. The van der Waals surface area contributed by atoms with Crippen LogP contribution < -0.4 is 0 Å². The highest BCUT2D eigenvalue weighted by Crippen LogP contribution is 2.12. The molecule has 2 rings (SSSR count). The molecule has 0 heterocycles. The molecule has 19 heavy (non-hydrogen) atoms. The Morgan fingerprint density at radius 1 is 0.895 bits per heavy atom. The summed E-state index contributed by atoms with van der Waals surface area (Å²) in [5.41, 5.74) is 2.46. The zero-order valence-corrected chi connectivity index (χ0v) is 11.2. The minimum Gasteiger partial charge on any atom is -0.302 e. The number of carbonyl (C=O) groups is 1. The summed E-state index contributed by atoms with van der Waals surface area (Å²) in [6.07, 6.45) is 1.01. The summed E-state index contributed by atoms with van der Waals surface area (Å²) in [6, 6.07) is 20.4. The molecule has 0 unspecified atom stereocenters. The lowest BCUT2D eigenvalue weighted by atomic mass is 10.1. The van der Waals surface area contributed by atoms with Crippen molar-refractivity contribution in [3.63, 3.8) is 0 Å². The summed E-state index contributed by atoms with van der Waals surface area (Å²) in [6.45, 7) is 3.52. The van der Waals surface area contributed by atoms with Crippen LogP contribution in [0.25, 0.3) is 0 Å². The van der Waals surface area contributed by atoms with Gasteiger partial charge in [0.05, 0.1) is 6.04 Å². The van der Waals surface area contributed by atoms with Gasteiger partial charge in [0.25, 0.3) is 0 Å². The van der Waals surface area contributed by atoms with E-state index in [-0.39, 0.29) is 6.04 Å². The lowest BCUT2D eigenvalue weighted by Gasteiger charge is -2.25. The average Bonchev–Trinajstić information content (AvgIpc) is 2.48. The third-order valence-electron chi connectivity index (χ3n) is 3.23. The zero-order chi connectivity index (χ0) is 13.5. The van der Waals surface area contributed by atoms with Crippen molar-refractivity contribution >= 4 is 6.29 Å². The Hall–Kier alpha value is -1.93. The smallest absolute Gasteiger partial charge is 0.136 e. The Morgan fingerprint density at radius 2 is 1.32 bits per heavy atom. The molecule has 98 valence electrons. The van der Waals surface area contributed by atoms with Crippen LogP contribution in [0.1, 0.15) is 18.1 Å². The van der Waals surface area contributed by atoms with E-state index in [1.165, 1.54) is 11.1 Å². The predicted octanol–water partition coefficient (Wildman–Crippen LogP) is 3.28. The first-order valence-electron chi connectivity index (χ1n) is 6.57. The molecule has 2 nitrogen and oxygen atoms in total. The summed E-state index contributed by atoms with van der Waals surface area (Å²) in [5, 5.41) is 0. The van der Waals surface area contributed by atoms with E-state index in [4.69, 9.17) is 0 Å². The maximum Gasteiger partial charge on any atom is 0.136 e. The number of hydrogen-bond donors (Lipinski definition) is 0. The molecule has 0 radical (unpaired) electrons. The van der Waals surface area contributed by atoms with Crippen LogP contribution in [0.3, 0.4) is 0 Å². The molecular formula is C17H19NO. The molecule has 1 atom stereocenters. The maximum atomic E-state index is 11.1. The fourth-order valence-corrected chi connectivity index (χ4v) is 2.07. The van der Waals surface area contributed by atoms with Gasteiger partial charge in [-0.25, -0.2) is 0 Å². The Kier molecular flexibility index (Phi) is 4.87. The first-order chi connectivity index (χ1) is 9.29. The highest BCUT2D eigenvalue weighted by molar-refractivity contribution is 5.56. The molecule has 0 aliphatic heterocycles. The van der Waals surface area contributed by atoms with Crippen LogP contribution in [0.4, 0.5) is 0 Å². The van der Waals surface area contributed by atoms with Crippen LogP contribution in [0, 0.1) is 0 Å². The Balaban J connectivity index is 2.10. The molecular weight excluding hydrogens is 234 g/mol. The first kappa shape index (κ1) is 13.5. The summed E-state index contributed by atoms with van der Waals surface area (Å²) >= 11 is 0. The van der Waals surface area contributed by atoms with E-state index in [1.807, 2.05) is 43.3 Å². The number of nitrogens with zero attached hydrogens (tertiary/aromatic N) is 1. The summed E-state index contributed by atoms with van der Waals surface area (Å²) in [5.74, 6) is 0. The highest BCUT2D eigenvalue weighted by Gasteiger charge is 2.13. The Labute approximate surface area is 114 Å². The molecule has 0 aliphatic rings. The van der Waals surface area contributed by atoms with E-state index in [0.717, 1.165) is 19.4 Å². The molecule has 0 aliphatic carbocycles. The number of carbonyl (C=O) groups excluding carboxylic acids is 1. The Bertz CT molecular complexity index is 454. The zero-order valence-electron chi connectivity index (χ0n) is 11.2. The van der Waals surface area contributed by atoms with Crippen molar-refractivity contribution in [3.8, 4) is 0 Å². The van der Waals surface area contributed by atoms with Crippen molar-refractivity contribution in [1.82, 2.24) is 4.90 Å². The van der Waals surface area contributed by atoms with E-state index in [1.54, 1.807) is 0 Å². The molecule has 0 saturated carbocycles. The molecule has 0 amide bonds. The lowest BCUT2D eigenvalue weighted by molar-refractivity contribution is -0.112. The fraction of sp³-hybridized carbons (Fsp3) is 0.235. The van der Waals surface area contributed by atoms with E-state index in [0.29, 0.717) is 0 Å². The van der Waals surface area contributed by atoms with Crippen molar-refractivity contribution in [1.29, 1.82) is 0 Å². The standard InChI is InChI=1S/C17H19NO/c1-15(14-19)18(12-16-8-4-2-5-9-16)13-17-10-6-3-7-11-17/h2-11,14-15H,12-13H2,1H3/t15-/m0/s1. The van der Waals surface area contributed by atoms with Crippen molar-refractivity contribution in [2.24, 2.45) is 0 Å². The Morgan fingerprint density at radius 3 is 1.68 bits per heavy atom. The van der Waals surface area contributed by atoms with E-state index < -0.39 is 0 Å². The van der Waals surface area contributed by atoms with Gasteiger partial charge in [-0.2, -0.15) is 0 Å². The van der Waals surface area contributed by atoms with Crippen LogP contribution in [0.2, 0.25) is 0 Å². The molecule has 2 aromatic carbocycles. The number of rotatable bonds is 6. The van der Waals surface area contributed by atoms with E-state index in [2.05, 4.69) is 29.2 Å². The van der Waals surface area contributed by atoms with Gasteiger partial charge in [0.1, 0.15) is 6.29 Å². The molecule has 0 aromatic heterocycles. The van der Waals surface area contributed by atoms with Crippen LogP contribution in [-0.4, -0.2) is 17.2 Å². The van der Waals surface area contributed by atoms with Crippen molar-refractivity contribution in [3.05, 3.63) is 71.8 Å². The van der Waals surface area contributed by atoms with Gasteiger partial charge in [-0.3, -0.25) is 4.90 Å². The van der Waals surface area contributed by atoms with E-state index >= 15 is 0 Å². The minimum atomic E-state index is -0.0830. The van der Waals surface area contributed by atoms with Crippen LogP contribution in [0.5, 0.6) is 0 Å². The SMILES string of the molecule is C[C@@H](C=O)N(Cc1ccccc1)Cc1ccccc1. The predicted molar refractivity (Wildman–Crippen MR) is 77.7 cm³/mol. The monoisotopic (exact) mass is 253 g/mol. The summed E-state index contributed by atoms with van der Waals surface area (Å²) < 4.78 is 0. The molecule has 0 fully saturated rings. The topological polar surface area (TPSA) is 20.3 Å². The van der Waals surface area contributed by atoms with Crippen molar-refractivity contribution in [2.45, 2.75) is 26.1 Å². The van der Waals surface area contributed by atoms with Crippen LogP contribution in [0.15, 0.2) is 60.7 Å². The van der Waals surface area contributed by atoms with Gasteiger partial charge in [0.15, 0.2) is 0 Å². The quantitative estimate of drug-likeness (QED) is 0.736. The molecule has 0 saturated heterocycles. The summed E-state index contributed by atoms with van der Waals surface area (Å²) in [7, 11) is 0. The van der Waals surface area contributed by atoms with Gasteiger partial charge in [-0.1, -0.05) is 60.7 Å². The van der Waals surface area contributed by atoms with Gasteiger partial charge < -0.3 is 4.79 Å². The molecule has 0 spiro atoms. The molecule has 2 heteroatoms. The van der Waals surface area contributed by atoms with E-state index in [9.17, 15) is 4.79 Å². The van der Waals surface area contributed by atoms with Gasteiger partial charge in [-0.15, -0.1) is 0 Å². The lowest BCUT2D eigenvalue weighted by Crippen LogP contribution is -2.33. The van der Waals surface area contributed by atoms with Gasteiger partial charge in [0, 0.05) is 13.1 Å². The highest BCUT2D eigenvalue weighted by atomic mass is 16.1. The second-order valence-electron chi connectivity index (χ2n) is 4.75. The number of hydrogen-bond acceptors (Lipinski definition) is 2. The fourth-order valence-electron chi connectivity index (χ4n) is 2.07. The van der Waals surface area contributed by atoms with Gasteiger partial charge in [-0.05, 0) is 18.1 Å². The molecule has 0 N–H and O–H groups in total. The van der Waals surface area contributed by atoms with Gasteiger partial charge in [0.2, 0.25) is 0 Å². The number of aldehydes is 1. The second kappa shape index (κ2) is 6.86. The molecule has 2 aromatic rings. The summed E-state index contributed by atoms with van der Waals surface area (Å²) in [4.78, 5) is 13.3. The van der Waals surface area contributed by atoms with Crippen molar-refractivity contribution < 1.29 is 4.79 Å². The number of benzene rings is 2. The third kappa shape index (κ3) is 4.04. The largest absolute Gasteiger partial charge is 0.302 e. The second-order valence-corrected chi connectivity index (χ2v) is 4.75. The van der Waals surface area contributed by atoms with Crippen molar-refractivity contribution in [2.75, 3.05) is 0 Å².